The zero-order valence-electron chi connectivity index (χ0n) is 15.6. The first-order chi connectivity index (χ1) is 13.0. The molecule has 0 unspecified atom stereocenters. The van der Waals surface area contributed by atoms with Crippen molar-refractivity contribution in [1.82, 2.24) is 9.88 Å². The van der Waals surface area contributed by atoms with Crippen molar-refractivity contribution in [2.75, 3.05) is 7.11 Å². The van der Waals surface area contributed by atoms with E-state index >= 15 is 0 Å². The molecule has 0 fully saturated rings. The third-order valence-corrected chi connectivity index (χ3v) is 4.43. The Morgan fingerprint density at radius 1 is 1.11 bits per heavy atom. The van der Waals surface area contributed by atoms with Gasteiger partial charge in [-0.3, -0.25) is 4.79 Å². The number of aromatic nitrogens is 1. The molecule has 3 heterocycles. The Bertz CT molecular complexity index is 870. The predicted octanol–water partition coefficient (Wildman–Crippen LogP) is 3.70. The predicted molar refractivity (Wildman–Crippen MR) is 97.2 cm³/mol. The molecule has 0 aromatic carbocycles. The number of nitrogens with one attached hydrogen (secondary N) is 1. The molecule has 1 amide bonds. The quantitative estimate of drug-likeness (QED) is 0.641. The summed E-state index contributed by atoms with van der Waals surface area (Å²) in [5.41, 5.74) is 2.04. The Balaban J connectivity index is 1.95. The molecule has 0 saturated carbocycles. The molecule has 0 aliphatic heterocycles. The van der Waals surface area contributed by atoms with E-state index in [1.54, 1.807) is 48.6 Å². The van der Waals surface area contributed by atoms with Crippen molar-refractivity contribution in [2.24, 2.45) is 0 Å². The lowest BCUT2D eigenvalue weighted by molar-refractivity contribution is 0.0599. The number of aromatic amines is 1. The minimum absolute atomic E-state index is 0.245. The zero-order valence-corrected chi connectivity index (χ0v) is 15.6. The van der Waals surface area contributed by atoms with Crippen molar-refractivity contribution in [1.29, 1.82) is 0 Å². The van der Waals surface area contributed by atoms with E-state index in [0.717, 1.165) is 0 Å². The molecule has 27 heavy (non-hydrogen) atoms. The number of carbonyl (C=O) groups is 2. The molecule has 0 atom stereocenters. The number of carbonyl (C=O) groups excluding carboxylic acids is 2. The van der Waals surface area contributed by atoms with E-state index in [0.29, 0.717) is 40.5 Å². The van der Waals surface area contributed by atoms with Crippen molar-refractivity contribution < 1.29 is 23.2 Å². The number of esters is 1. The third kappa shape index (κ3) is 3.81. The first-order valence-corrected chi connectivity index (χ1v) is 8.68. The monoisotopic (exact) mass is 370 g/mol. The van der Waals surface area contributed by atoms with Crippen LogP contribution in [0.25, 0.3) is 0 Å². The van der Waals surface area contributed by atoms with E-state index in [9.17, 15) is 9.59 Å². The number of H-pyrrole nitrogens is 1. The summed E-state index contributed by atoms with van der Waals surface area (Å²) in [5, 5.41) is 0. The van der Waals surface area contributed by atoms with Gasteiger partial charge >= 0.3 is 5.97 Å². The molecule has 3 aromatic rings. The van der Waals surface area contributed by atoms with Crippen LogP contribution in [-0.2, 0) is 24.2 Å². The lowest BCUT2D eigenvalue weighted by Gasteiger charge is -2.20. The van der Waals surface area contributed by atoms with Gasteiger partial charge in [-0.25, -0.2) is 4.79 Å². The summed E-state index contributed by atoms with van der Waals surface area (Å²) in [5.74, 6) is 0.611. The van der Waals surface area contributed by atoms with Crippen molar-refractivity contribution in [3.63, 3.8) is 0 Å². The average Bonchev–Trinajstić information content (AvgIpc) is 3.41. The van der Waals surface area contributed by atoms with Gasteiger partial charge in [0.15, 0.2) is 0 Å². The highest BCUT2D eigenvalue weighted by atomic mass is 16.5. The zero-order chi connectivity index (χ0) is 19.4. The highest BCUT2D eigenvalue weighted by Gasteiger charge is 2.27. The molecule has 3 rings (SSSR count). The van der Waals surface area contributed by atoms with E-state index in [1.807, 2.05) is 6.92 Å². The lowest BCUT2D eigenvalue weighted by Crippen LogP contribution is -2.30. The van der Waals surface area contributed by atoms with Crippen molar-refractivity contribution in [2.45, 2.75) is 33.4 Å². The second-order valence-corrected chi connectivity index (χ2v) is 6.14. The van der Waals surface area contributed by atoms with E-state index in [2.05, 4.69) is 4.98 Å². The molecule has 3 aromatic heterocycles. The maximum Gasteiger partial charge on any atom is 0.339 e. The maximum atomic E-state index is 13.3. The summed E-state index contributed by atoms with van der Waals surface area (Å²) in [6.07, 6.45) is 3.71. The van der Waals surface area contributed by atoms with Gasteiger partial charge in [0.2, 0.25) is 0 Å². The maximum absolute atomic E-state index is 13.3. The fraction of sp³-hybridized carbons (Fsp3) is 0.300. The van der Waals surface area contributed by atoms with Gasteiger partial charge in [-0.15, -0.1) is 0 Å². The van der Waals surface area contributed by atoms with Gasteiger partial charge in [0.1, 0.15) is 17.2 Å². The topological polar surface area (TPSA) is 88.7 Å². The van der Waals surface area contributed by atoms with Crippen LogP contribution in [0.15, 0.2) is 45.6 Å². The number of amides is 1. The summed E-state index contributed by atoms with van der Waals surface area (Å²) in [6.45, 7) is 4.21. The number of furan rings is 2. The van der Waals surface area contributed by atoms with Gasteiger partial charge < -0.3 is 23.5 Å². The molecule has 0 aliphatic rings. The minimum atomic E-state index is -0.455. The number of methoxy groups -OCH3 is 1. The summed E-state index contributed by atoms with van der Waals surface area (Å²) in [7, 11) is 1.33. The molecule has 0 radical (unpaired) electrons. The first-order valence-electron chi connectivity index (χ1n) is 8.68. The van der Waals surface area contributed by atoms with E-state index in [-0.39, 0.29) is 19.0 Å². The van der Waals surface area contributed by atoms with Crippen molar-refractivity contribution in [3.05, 3.63) is 70.8 Å². The third-order valence-electron chi connectivity index (χ3n) is 4.43. The van der Waals surface area contributed by atoms with Gasteiger partial charge in [0.05, 0.1) is 38.3 Å². The van der Waals surface area contributed by atoms with Gasteiger partial charge in [0, 0.05) is 5.69 Å². The second-order valence-electron chi connectivity index (χ2n) is 6.14. The minimum Gasteiger partial charge on any atom is -0.467 e. The van der Waals surface area contributed by atoms with Crippen molar-refractivity contribution in [3.8, 4) is 0 Å². The van der Waals surface area contributed by atoms with E-state index in [1.165, 1.54) is 7.11 Å². The van der Waals surface area contributed by atoms with Crippen LogP contribution in [0.2, 0.25) is 0 Å². The van der Waals surface area contributed by atoms with Crippen LogP contribution in [0.1, 0.15) is 50.5 Å². The number of hydrogen-bond donors (Lipinski definition) is 1. The Morgan fingerprint density at radius 2 is 1.70 bits per heavy atom. The molecule has 0 saturated heterocycles. The highest BCUT2D eigenvalue weighted by molar-refractivity contribution is 6.00. The van der Waals surface area contributed by atoms with Gasteiger partial charge in [-0.05, 0) is 43.2 Å². The highest BCUT2D eigenvalue weighted by Crippen LogP contribution is 2.23. The van der Waals surface area contributed by atoms with Crippen LogP contribution >= 0.6 is 0 Å². The molecule has 7 nitrogen and oxygen atoms in total. The van der Waals surface area contributed by atoms with Crippen LogP contribution in [0.4, 0.5) is 0 Å². The van der Waals surface area contributed by atoms with Crippen LogP contribution in [-0.4, -0.2) is 28.9 Å². The molecule has 142 valence electrons. The normalized spacial score (nSPS) is 10.8. The first kappa shape index (κ1) is 18.6. The largest absolute Gasteiger partial charge is 0.467 e. The van der Waals surface area contributed by atoms with Crippen molar-refractivity contribution >= 4 is 11.9 Å². The number of ether oxygens (including phenoxy) is 1. The second kappa shape index (κ2) is 7.99. The lowest BCUT2D eigenvalue weighted by atomic mass is 10.1. The van der Waals surface area contributed by atoms with Gasteiger partial charge in [0.25, 0.3) is 5.91 Å². The van der Waals surface area contributed by atoms with Gasteiger partial charge in [-0.1, -0.05) is 6.92 Å². The molecule has 0 aliphatic carbocycles. The van der Waals surface area contributed by atoms with E-state index in [4.69, 9.17) is 13.6 Å². The van der Waals surface area contributed by atoms with Crippen LogP contribution in [0.3, 0.4) is 0 Å². The number of rotatable bonds is 7. The summed E-state index contributed by atoms with van der Waals surface area (Å²) >= 11 is 0. The number of aryl methyl sites for hydroxylation is 1. The molecule has 0 spiro atoms. The van der Waals surface area contributed by atoms with Gasteiger partial charge in [-0.2, -0.15) is 0 Å². The number of hydrogen-bond acceptors (Lipinski definition) is 5. The fourth-order valence-corrected chi connectivity index (χ4v) is 3.05. The summed E-state index contributed by atoms with van der Waals surface area (Å²) < 4.78 is 15.7. The Labute approximate surface area is 156 Å². The standard InChI is InChI=1S/C20H22N2O5/c1-4-16-17(20(24)25-3)13(2)18(21-16)19(23)22(11-14-7-5-9-26-14)12-15-8-6-10-27-15/h5-10,21H,4,11-12H2,1-3H3. The summed E-state index contributed by atoms with van der Waals surface area (Å²) in [6, 6.07) is 7.16. The molecule has 1 N–H and O–H groups in total. The Kier molecular flexibility index (Phi) is 5.49. The van der Waals surface area contributed by atoms with E-state index < -0.39 is 5.97 Å². The summed E-state index contributed by atoms with van der Waals surface area (Å²) in [4.78, 5) is 30.1. The fourth-order valence-electron chi connectivity index (χ4n) is 3.05. The smallest absolute Gasteiger partial charge is 0.339 e. The van der Waals surface area contributed by atoms with Crippen LogP contribution in [0, 0.1) is 6.92 Å². The molecule has 0 bridgehead atoms. The molecule has 7 heteroatoms. The molecular formula is C20H22N2O5. The average molecular weight is 370 g/mol. The number of nitrogens with zero attached hydrogens (tertiary/aromatic N) is 1. The molecular weight excluding hydrogens is 348 g/mol. The van der Waals surface area contributed by atoms with Crippen LogP contribution in [0.5, 0.6) is 0 Å². The van der Waals surface area contributed by atoms with Crippen LogP contribution < -0.4 is 0 Å². The Hall–Kier alpha value is -3.22. The SMILES string of the molecule is CCc1[nH]c(C(=O)N(Cc2ccco2)Cc2ccco2)c(C)c1C(=O)OC. The Morgan fingerprint density at radius 3 is 2.15 bits per heavy atom.